The van der Waals surface area contributed by atoms with Crippen LogP contribution in [-0.2, 0) is 6.54 Å². The molecule has 0 saturated carbocycles. The Morgan fingerprint density at radius 1 is 1.50 bits per heavy atom. The molecule has 0 bridgehead atoms. The zero-order valence-electron chi connectivity index (χ0n) is 8.03. The van der Waals surface area contributed by atoms with Crippen LogP contribution in [0, 0.1) is 6.92 Å². The molecule has 0 radical (unpaired) electrons. The molecule has 2 N–H and O–H groups in total. The highest BCUT2D eigenvalue weighted by Crippen LogP contribution is 2.28. The lowest BCUT2D eigenvalue weighted by atomic mass is 10.1. The van der Waals surface area contributed by atoms with Gasteiger partial charge in [0.2, 0.25) is 0 Å². The van der Waals surface area contributed by atoms with Crippen molar-refractivity contribution < 1.29 is 0 Å². The summed E-state index contributed by atoms with van der Waals surface area (Å²) in [6, 6.07) is 4.19. The van der Waals surface area contributed by atoms with E-state index in [1.807, 2.05) is 18.5 Å². The molecule has 0 fully saturated rings. The van der Waals surface area contributed by atoms with Gasteiger partial charge in [-0.3, -0.25) is 4.98 Å². The number of hydrogen-bond acceptors (Lipinski definition) is 3. The van der Waals surface area contributed by atoms with Crippen LogP contribution in [-0.4, -0.2) is 4.98 Å². The number of thiophene rings is 1. The number of nitrogens with two attached hydrogens (primary N) is 1. The van der Waals surface area contributed by atoms with Crippen molar-refractivity contribution >= 4 is 11.3 Å². The van der Waals surface area contributed by atoms with Crippen molar-refractivity contribution in [3.63, 3.8) is 0 Å². The predicted molar refractivity (Wildman–Crippen MR) is 60.2 cm³/mol. The van der Waals surface area contributed by atoms with Gasteiger partial charge in [0.1, 0.15) is 0 Å². The Morgan fingerprint density at radius 2 is 2.36 bits per heavy atom. The Hall–Kier alpha value is -1.19. The minimum Gasteiger partial charge on any atom is -0.326 e. The van der Waals surface area contributed by atoms with Crippen molar-refractivity contribution in [1.29, 1.82) is 0 Å². The van der Waals surface area contributed by atoms with Crippen molar-refractivity contribution in [1.82, 2.24) is 4.98 Å². The first-order valence-electron chi connectivity index (χ1n) is 4.49. The third-order valence-corrected chi connectivity index (χ3v) is 3.19. The summed E-state index contributed by atoms with van der Waals surface area (Å²) in [5, 5.41) is 2.11. The molecule has 2 aromatic rings. The van der Waals surface area contributed by atoms with Gasteiger partial charge in [-0.1, -0.05) is 0 Å². The third-order valence-electron chi connectivity index (χ3n) is 2.18. The second-order valence-electron chi connectivity index (χ2n) is 3.21. The summed E-state index contributed by atoms with van der Waals surface area (Å²) < 4.78 is 0. The van der Waals surface area contributed by atoms with E-state index in [2.05, 4.69) is 23.4 Å². The van der Waals surface area contributed by atoms with Gasteiger partial charge >= 0.3 is 0 Å². The highest BCUT2D eigenvalue weighted by atomic mass is 32.1. The third kappa shape index (κ3) is 1.69. The molecule has 0 aliphatic heterocycles. The van der Waals surface area contributed by atoms with E-state index in [0.717, 1.165) is 0 Å². The van der Waals surface area contributed by atoms with Gasteiger partial charge in [-0.25, -0.2) is 0 Å². The van der Waals surface area contributed by atoms with Crippen LogP contribution in [0.1, 0.15) is 11.1 Å². The molecule has 2 nitrogen and oxygen atoms in total. The molecular weight excluding hydrogens is 192 g/mol. The molecule has 2 heterocycles. The molecule has 3 heteroatoms. The Balaban J connectivity index is 2.44. The minimum absolute atomic E-state index is 0.612. The van der Waals surface area contributed by atoms with Crippen molar-refractivity contribution in [2.24, 2.45) is 5.73 Å². The molecule has 2 aromatic heterocycles. The fourth-order valence-corrected chi connectivity index (χ4v) is 2.39. The first-order chi connectivity index (χ1) is 6.81. The van der Waals surface area contributed by atoms with Gasteiger partial charge < -0.3 is 5.73 Å². The monoisotopic (exact) mass is 204 g/mol. The number of aryl methyl sites for hydroxylation is 1. The summed E-state index contributed by atoms with van der Waals surface area (Å²) in [4.78, 5) is 5.35. The fourth-order valence-electron chi connectivity index (χ4n) is 1.37. The number of hydrogen-bond donors (Lipinski definition) is 1. The normalized spacial score (nSPS) is 10.4. The standard InChI is InChI=1S/C11H12N2S/c1-8-6-13-3-2-10(8)11-4-9(5-12)7-14-11/h2-4,6-7H,5,12H2,1H3. The minimum atomic E-state index is 0.612. The van der Waals surface area contributed by atoms with Gasteiger partial charge in [-0.05, 0) is 41.1 Å². The van der Waals surface area contributed by atoms with E-state index < -0.39 is 0 Å². The molecule has 0 unspecified atom stereocenters. The van der Waals surface area contributed by atoms with E-state index in [-0.39, 0.29) is 0 Å². The molecule has 0 atom stereocenters. The summed E-state index contributed by atoms with van der Waals surface area (Å²) in [5.74, 6) is 0. The molecule has 2 rings (SSSR count). The summed E-state index contributed by atoms with van der Waals surface area (Å²) in [6.07, 6.45) is 3.71. The van der Waals surface area contributed by atoms with E-state index in [1.165, 1.54) is 21.6 Å². The Labute approximate surface area is 87.4 Å². The van der Waals surface area contributed by atoms with Crippen molar-refractivity contribution in [3.8, 4) is 10.4 Å². The van der Waals surface area contributed by atoms with E-state index in [9.17, 15) is 0 Å². The van der Waals surface area contributed by atoms with Gasteiger partial charge in [0.05, 0.1) is 0 Å². The lowest BCUT2D eigenvalue weighted by molar-refractivity contribution is 1.08. The van der Waals surface area contributed by atoms with Gasteiger partial charge in [-0.2, -0.15) is 0 Å². The topological polar surface area (TPSA) is 38.9 Å². The Kier molecular flexibility index (Phi) is 2.61. The second-order valence-corrected chi connectivity index (χ2v) is 4.13. The summed E-state index contributed by atoms with van der Waals surface area (Å²) in [6.45, 7) is 2.69. The largest absolute Gasteiger partial charge is 0.326 e. The summed E-state index contributed by atoms with van der Waals surface area (Å²) >= 11 is 1.73. The van der Waals surface area contributed by atoms with E-state index in [1.54, 1.807) is 11.3 Å². The molecule has 14 heavy (non-hydrogen) atoms. The number of pyridine rings is 1. The van der Waals surface area contributed by atoms with Crippen LogP contribution >= 0.6 is 11.3 Å². The van der Waals surface area contributed by atoms with Crippen molar-refractivity contribution in [2.75, 3.05) is 0 Å². The van der Waals surface area contributed by atoms with Crippen LogP contribution in [0.3, 0.4) is 0 Å². The van der Waals surface area contributed by atoms with E-state index in [0.29, 0.717) is 6.54 Å². The Bertz CT molecular complexity index is 434. The zero-order valence-corrected chi connectivity index (χ0v) is 8.84. The van der Waals surface area contributed by atoms with Gasteiger partial charge in [0.15, 0.2) is 0 Å². The first kappa shape index (κ1) is 9.37. The molecule has 0 aliphatic rings. The van der Waals surface area contributed by atoms with Crippen LogP contribution < -0.4 is 5.73 Å². The molecule has 0 aliphatic carbocycles. The molecule has 0 aromatic carbocycles. The number of rotatable bonds is 2. The molecule has 0 spiro atoms. The van der Waals surface area contributed by atoms with E-state index in [4.69, 9.17) is 5.73 Å². The maximum Gasteiger partial charge on any atom is 0.0349 e. The zero-order chi connectivity index (χ0) is 9.97. The highest BCUT2D eigenvalue weighted by Gasteiger charge is 2.03. The van der Waals surface area contributed by atoms with Crippen LogP contribution in [0.2, 0.25) is 0 Å². The average molecular weight is 204 g/mol. The SMILES string of the molecule is Cc1cnccc1-c1cc(CN)cs1. The molecule has 72 valence electrons. The quantitative estimate of drug-likeness (QED) is 0.816. The van der Waals surface area contributed by atoms with Gasteiger partial charge in [0, 0.05) is 23.8 Å². The lowest BCUT2D eigenvalue weighted by Gasteiger charge is -2.00. The first-order valence-corrected chi connectivity index (χ1v) is 5.37. The second kappa shape index (κ2) is 3.90. The maximum atomic E-state index is 5.57. The number of aromatic nitrogens is 1. The van der Waals surface area contributed by atoms with Crippen LogP contribution in [0.5, 0.6) is 0 Å². The van der Waals surface area contributed by atoms with Gasteiger partial charge in [0.25, 0.3) is 0 Å². The lowest BCUT2D eigenvalue weighted by Crippen LogP contribution is -1.92. The molecule has 0 saturated heterocycles. The average Bonchev–Trinajstić information content (AvgIpc) is 2.67. The number of nitrogens with zero attached hydrogens (tertiary/aromatic N) is 1. The van der Waals surface area contributed by atoms with Crippen LogP contribution in [0.4, 0.5) is 0 Å². The van der Waals surface area contributed by atoms with Gasteiger partial charge in [-0.15, -0.1) is 11.3 Å². The summed E-state index contributed by atoms with van der Waals surface area (Å²) in [5.41, 5.74) is 9.23. The summed E-state index contributed by atoms with van der Waals surface area (Å²) in [7, 11) is 0. The predicted octanol–water partition coefficient (Wildman–Crippen LogP) is 2.58. The molecular formula is C11H12N2S. The molecule has 0 amide bonds. The van der Waals surface area contributed by atoms with Crippen molar-refractivity contribution in [3.05, 3.63) is 41.0 Å². The van der Waals surface area contributed by atoms with E-state index >= 15 is 0 Å². The van der Waals surface area contributed by atoms with Crippen molar-refractivity contribution in [2.45, 2.75) is 13.5 Å². The van der Waals surface area contributed by atoms with Crippen LogP contribution in [0.25, 0.3) is 10.4 Å². The highest BCUT2D eigenvalue weighted by molar-refractivity contribution is 7.13. The smallest absolute Gasteiger partial charge is 0.0349 e. The maximum absolute atomic E-state index is 5.57. The van der Waals surface area contributed by atoms with Crippen LogP contribution in [0.15, 0.2) is 29.9 Å². The fraction of sp³-hybridized carbons (Fsp3) is 0.182. The Morgan fingerprint density at radius 3 is 3.00 bits per heavy atom.